The first kappa shape index (κ1) is 16.6. The first-order chi connectivity index (χ1) is 12.7. The van der Waals surface area contributed by atoms with E-state index in [1.807, 2.05) is 11.0 Å². The SMILES string of the molecule is O=C([C@@H]1CN(CC2CC2)[C@H]2c3ccccc3OC[C@@H]12)N1CCC(O)CC1. The molecular formula is C21H28N2O3. The molecule has 1 saturated carbocycles. The lowest BCUT2D eigenvalue weighted by Gasteiger charge is -2.36. The standard InChI is InChI=1S/C21H28N2O3/c24-15-7-9-22(10-8-15)21(25)17-12-23(11-14-5-6-14)20-16-3-1-2-4-19(16)26-13-18(17)20/h1-4,14-15,17-18,20,24H,5-13H2/t17-,18+,20+/m1/s1. The molecule has 0 bridgehead atoms. The van der Waals surface area contributed by atoms with Crippen LogP contribution in [0.3, 0.4) is 0 Å². The van der Waals surface area contributed by atoms with Crippen LogP contribution in [-0.4, -0.2) is 59.7 Å². The van der Waals surface area contributed by atoms with Gasteiger partial charge in [-0.1, -0.05) is 18.2 Å². The fraction of sp³-hybridized carbons (Fsp3) is 0.667. The second-order valence-corrected chi connectivity index (χ2v) is 8.52. The van der Waals surface area contributed by atoms with Crippen molar-refractivity contribution in [2.75, 3.05) is 32.8 Å². The molecule has 1 aromatic carbocycles. The normalized spacial score (nSPS) is 32.0. The topological polar surface area (TPSA) is 53.0 Å². The van der Waals surface area contributed by atoms with Crippen LogP contribution in [0, 0.1) is 17.8 Å². The van der Waals surface area contributed by atoms with Crippen molar-refractivity contribution in [1.29, 1.82) is 0 Å². The molecule has 1 N–H and O–H groups in total. The summed E-state index contributed by atoms with van der Waals surface area (Å²) in [6.45, 7) is 3.97. The summed E-state index contributed by atoms with van der Waals surface area (Å²) in [6.07, 6.45) is 3.82. The van der Waals surface area contributed by atoms with Crippen LogP contribution in [-0.2, 0) is 4.79 Å². The number of aliphatic hydroxyl groups is 1. The smallest absolute Gasteiger partial charge is 0.227 e. The van der Waals surface area contributed by atoms with Crippen LogP contribution in [0.5, 0.6) is 5.75 Å². The first-order valence-electron chi connectivity index (χ1n) is 10.1. The minimum atomic E-state index is -0.244. The number of carbonyl (C=O) groups is 1. The molecule has 26 heavy (non-hydrogen) atoms. The van der Waals surface area contributed by atoms with Crippen LogP contribution in [0.2, 0.25) is 0 Å². The third kappa shape index (κ3) is 2.91. The van der Waals surface area contributed by atoms with E-state index >= 15 is 0 Å². The second kappa shape index (κ2) is 6.54. The Morgan fingerprint density at radius 2 is 1.92 bits per heavy atom. The summed E-state index contributed by atoms with van der Waals surface area (Å²) in [6, 6.07) is 8.66. The van der Waals surface area contributed by atoms with Gasteiger partial charge in [0.25, 0.3) is 0 Å². The van der Waals surface area contributed by atoms with Crippen molar-refractivity contribution >= 4 is 5.91 Å². The molecule has 1 amide bonds. The van der Waals surface area contributed by atoms with Crippen LogP contribution in [0.4, 0.5) is 0 Å². The highest BCUT2D eigenvalue weighted by Gasteiger charge is 2.50. The van der Waals surface area contributed by atoms with Gasteiger partial charge < -0.3 is 14.7 Å². The summed E-state index contributed by atoms with van der Waals surface area (Å²) >= 11 is 0. The molecule has 3 heterocycles. The summed E-state index contributed by atoms with van der Waals surface area (Å²) in [5.41, 5.74) is 1.26. The van der Waals surface area contributed by atoms with E-state index in [0.717, 1.165) is 24.8 Å². The summed E-state index contributed by atoms with van der Waals surface area (Å²) in [4.78, 5) is 17.8. The molecular weight excluding hydrogens is 328 g/mol. The van der Waals surface area contributed by atoms with Crippen molar-refractivity contribution in [2.24, 2.45) is 17.8 Å². The molecule has 0 unspecified atom stereocenters. The Morgan fingerprint density at radius 1 is 1.15 bits per heavy atom. The highest BCUT2D eigenvalue weighted by Crippen LogP contribution is 2.49. The number of para-hydroxylation sites is 1. The molecule has 5 rings (SSSR count). The van der Waals surface area contributed by atoms with Crippen molar-refractivity contribution in [3.05, 3.63) is 29.8 Å². The van der Waals surface area contributed by atoms with E-state index in [-0.39, 0.29) is 23.8 Å². The minimum Gasteiger partial charge on any atom is -0.493 e. The van der Waals surface area contributed by atoms with E-state index in [1.54, 1.807) is 0 Å². The molecule has 3 aliphatic heterocycles. The first-order valence-corrected chi connectivity index (χ1v) is 10.1. The molecule has 140 valence electrons. The Morgan fingerprint density at radius 3 is 2.69 bits per heavy atom. The number of ether oxygens (including phenoxy) is 1. The zero-order valence-corrected chi connectivity index (χ0v) is 15.2. The van der Waals surface area contributed by atoms with Gasteiger partial charge in [0, 0.05) is 43.7 Å². The van der Waals surface area contributed by atoms with E-state index in [2.05, 4.69) is 23.1 Å². The van der Waals surface area contributed by atoms with Gasteiger partial charge in [-0.3, -0.25) is 9.69 Å². The van der Waals surface area contributed by atoms with Gasteiger partial charge in [-0.05, 0) is 37.7 Å². The fourth-order valence-corrected chi connectivity index (χ4v) is 5.07. The molecule has 5 heteroatoms. The molecule has 0 spiro atoms. The number of nitrogens with zero attached hydrogens (tertiary/aromatic N) is 2. The largest absolute Gasteiger partial charge is 0.493 e. The number of aliphatic hydroxyl groups excluding tert-OH is 1. The Labute approximate surface area is 154 Å². The predicted octanol–water partition coefficient (Wildman–Crippen LogP) is 2.06. The maximum atomic E-state index is 13.3. The van der Waals surface area contributed by atoms with Gasteiger partial charge in [0.05, 0.1) is 18.6 Å². The summed E-state index contributed by atoms with van der Waals surface area (Å²) in [7, 11) is 0. The molecule has 3 fully saturated rings. The van der Waals surface area contributed by atoms with Crippen LogP contribution in [0.25, 0.3) is 0 Å². The quantitative estimate of drug-likeness (QED) is 0.901. The summed E-state index contributed by atoms with van der Waals surface area (Å²) < 4.78 is 6.05. The molecule has 0 aromatic heterocycles. The van der Waals surface area contributed by atoms with Gasteiger partial charge in [-0.15, -0.1) is 0 Å². The fourth-order valence-electron chi connectivity index (χ4n) is 5.07. The van der Waals surface area contributed by atoms with Crippen LogP contribution < -0.4 is 4.74 Å². The molecule has 0 radical (unpaired) electrons. The van der Waals surface area contributed by atoms with Crippen LogP contribution >= 0.6 is 0 Å². The van der Waals surface area contributed by atoms with Crippen molar-refractivity contribution in [1.82, 2.24) is 9.80 Å². The zero-order chi connectivity index (χ0) is 17.7. The van der Waals surface area contributed by atoms with E-state index < -0.39 is 0 Å². The van der Waals surface area contributed by atoms with Crippen LogP contribution in [0.15, 0.2) is 24.3 Å². The minimum absolute atomic E-state index is 0.0161. The number of likely N-dealkylation sites (tertiary alicyclic amines) is 2. The number of hydrogen-bond donors (Lipinski definition) is 1. The van der Waals surface area contributed by atoms with Crippen molar-refractivity contribution in [2.45, 2.75) is 37.8 Å². The highest BCUT2D eigenvalue weighted by atomic mass is 16.5. The average Bonchev–Trinajstić information content (AvgIpc) is 3.41. The number of amides is 1. The molecule has 2 saturated heterocycles. The number of rotatable bonds is 3. The third-order valence-corrected chi connectivity index (χ3v) is 6.70. The monoisotopic (exact) mass is 356 g/mol. The Bertz CT molecular complexity index is 682. The Hall–Kier alpha value is -1.59. The lowest BCUT2D eigenvalue weighted by Crippen LogP contribution is -2.45. The van der Waals surface area contributed by atoms with Gasteiger partial charge >= 0.3 is 0 Å². The Kier molecular flexibility index (Phi) is 4.17. The van der Waals surface area contributed by atoms with E-state index in [1.165, 1.54) is 18.4 Å². The molecule has 3 atom stereocenters. The molecule has 1 aliphatic carbocycles. The molecule has 4 aliphatic rings. The second-order valence-electron chi connectivity index (χ2n) is 8.52. The zero-order valence-electron chi connectivity index (χ0n) is 15.2. The number of carbonyl (C=O) groups excluding carboxylic acids is 1. The number of piperidine rings is 1. The van der Waals surface area contributed by atoms with Gasteiger partial charge in [0.15, 0.2) is 0 Å². The third-order valence-electron chi connectivity index (χ3n) is 6.70. The number of benzene rings is 1. The molecule has 1 aromatic rings. The van der Waals surface area contributed by atoms with Gasteiger partial charge in [-0.2, -0.15) is 0 Å². The van der Waals surface area contributed by atoms with Gasteiger partial charge in [-0.25, -0.2) is 0 Å². The number of fused-ring (bicyclic) bond motifs is 3. The summed E-state index contributed by atoms with van der Waals surface area (Å²) in [5, 5.41) is 9.75. The maximum absolute atomic E-state index is 13.3. The van der Waals surface area contributed by atoms with Gasteiger partial charge in [0.1, 0.15) is 5.75 Å². The van der Waals surface area contributed by atoms with Crippen molar-refractivity contribution < 1.29 is 14.6 Å². The van der Waals surface area contributed by atoms with Crippen molar-refractivity contribution in [3.63, 3.8) is 0 Å². The van der Waals surface area contributed by atoms with Crippen molar-refractivity contribution in [3.8, 4) is 5.75 Å². The van der Waals surface area contributed by atoms with Gasteiger partial charge in [0.2, 0.25) is 5.91 Å². The summed E-state index contributed by atoms with van der Waals surface area (Å²) in [5.74, 6) is 2.33. The van der Waals surface area contributed by atoms with E-state index in [9.17, 15) is 9.90 Å². The average molecular weight is 356 g/mol. The molecule has 5 nitrogen and oxygen atoms in total. The maximum Gasteiger partial charge on any atom is 0.227 e. The van der Waals surface area contributed by atoms with E-state index in [0.29, 0.717) is 38.6 Å². The lowest BCUT2D eigenvalue weighted by atomic mass is 9.84. The van der Waals surface area contributed by atoms with Crippen LogP contribution in [0.1, 0.15) is 37.3 Å². The highest BCUT2D eigenvalue weighted by molar-refractivity contribution is 5.80. The Balaban J connectivity index is 1.40. The van der Waals surface area contributed by atoms with E-state index in [4.69, 9.17) is 4.74 Å². The predicted molar refractivity (Wildman–Crippen MR) is 97.8 cm³/mol. The number of hydrogen-bond acceptors (Lipinski definition) is 4. The lowest BCUT2D eigenvalue weighted by molar-refractivity contribution is -0.138.